The molecule has 1 aromatic rings. The van der Waals surface area contributed by atoms with Crippen LogP contribution in [0.3, 0.4) is 0 Å². The SMILES string of the molecule is O=C1CC2Cc3ccccc3C(C1)C2. The Balaban J connectivity index is 2.05. The number of hydrogen-bond acceptors (Lipinski definition) is 1. The van der Waals surface area contributed by atoms with Gasteiger partial charge in [-0.25, -0.2) is 0 Å². The molecule has 2 aliphatic rings. The minimum absolute atomic E-state index is 0.473. The molecule has 1 fully saturated rings. The van der Waals surface area contributed by atoms with Crippen molar-refractivity contribution in [2.24, 2.45) is 5.92 Å². The van der Waals surface area contributed by atoms with Crippen LogP contribution in [-0.2, 0) is 11.2 Å². The maximum absolute atomic E-state index is 11.5. The first-order valence-electron chi connectivity index (χ1n) is 5.42. The molecule has 0 N–H and O–H groups in total. The number of Topliss-reactive ketones (excluding diaryl/α,β-unsaturated/α-hetero) is 1. The van der Waals surface area contributed by atoms with Crippen molar-refractivity contribution in [3.05, 3.63) is 35.4 Å². The highest BCUT2D eigenvalue weighted by atomic mass is 16.1. The zero-order valence-electron chi connectivity index (χ0n) is 8.20. The summed E-state index contributed by atoms with van der Waals surface area (Å²) in [5, 5.41) is 0. The summed E-state index contributed by atoms with van der Waals surface area (Å²) in [5.41, 5.74) is 2.93. The van der Waals surface area contributed by atoms with Gasteiger partial charge >= 0.3 is 0 Å². The molecule has 3 rings (SSSR count). The molecule has 0 amide bonds. The van der Waals surface area contributed by atoms with Gasteiger partial charge in [0.05, 0.1) is 0 Å². The summed E-state index contributed by atoms with van der Waals surface area (Å²) < 4.78 is 0. The van der Waals surface area contributed by atoms with E-state index < -0.39 is 0 Å². The van der Waals surface area contributed by atoms with E-state index >= 15 is 0 Å². The Hall–Kier alpha value is -1.11. The Morgan fingerprint density at radius 1 is 1.07 bits per heavy atom. The van der Waals surface area contributed by atoms with Gasteiger partial charge in [0, 0.05) is 12.8 Å². The third-order valence-corrected chi connectivity index (χ3v) is 3.61. The Morgan fingerprint density at radius 3 is 2.86 bits per heavy atom. The highest BCUT2D eigenvalue weighted by Gasteiger charge is 2.33. The van der Waals surface area contributed by atoms with Crippen molar-refractivity contribution < 1.29 is 4.79 Å². The quantitative estimate of drug-likeness (QED) is 0.609. The van der Waals surface area contributed by atoms with Crippen molar-refractivity contribution in [2.75, 3.05) is 0 Å². The van der Waals surface area contributed by atoms with E-state index in [1.165, 1.54) is 17.5 Å². The van der Waals surface area contributed by atoms with Crippen molar-refractivity contribution >= 4 is 5.78 Å². The predicted octanol–water partition coefficient (Wildman–Crippen LogP) is 2.70. The Kier molecular flexibility index (Phi) is 1.73. The van der Waals surface area contributed by atoms with Crippen LogP contribution >= 0.6 is 0 Å². The number of carbonyl (C=O) groups excluding carboxylic acids is 1. The lowest BCUT2D eigenvalue weighted by Crippen LogP contribution is -2.28. The number of carbonyl (C=O) groups is 1. The lowest BCUT2D eigenvalue weighted by atomic mass is 9.69. The molecule has 1 nitrogen and oxygen atoms in total. The first kappa shape index (κ1) is 8.22. The fraction of sp³-hybridized carbons (Fsp3) is 0.462. The number of ketones is 1. The first-order valence-corrected chi connectivity index (χ1v) is 5.42. The third kappa shape index (κ3) is 1.19. The molecule has 2 unspecified atom stereocenters. The van der Waals surface area contributed by atoms with Gasteiger partial charge < -0.3 is 0 Å². The van der Waals surface area contributed by atoms with Gasteiger partial charge in [0.15, 0.2) is 0 Å². The summed E-state index contributed by atoms with van der Waals surface area (Å²) in [6.07, 6.45) is 3.97. The highest BCUT2D eigenvalue weighted by molar-refractivity contribution is 5.81. The van der Waals surface area contributed by atoms with Gasteiger partial charge in [-0.3, -0.25) is 4.79 Å². The van der Waals surface area contributed by atoms with Gasteiger partial charge in [-0.15, -0.1) is 0 Å². The van der Waals surface area contributed by atoms with Crippen LogP contribution in [0.4, 0.5) is 0 Å². The number of fused-ring (bicyclic) bond motifs is 4. The van der Waals surface area contributed by atoms with Crippen molar-refractivity contribution in [1.29, 1.82) is 0 Å². The molecule has 1 heteroatoms. The molecule has 14 heavy (non-hydrogen) atoms. The number of benzene rings is 1. The average molecular weight is 186 g/mol. The topological polar surface area (TPSA) is 17.1 Å². The van der Waals surface area contributed by atoms with E-state index in [2.05, 4.69) is 24.3 Å². The van der Waals surface area contributed by atoms with Crippen LogP contribution in [0.2, 0.25) is 0 Å². The summed E-state index contributed by atoms with van der Waals surface area (Å²) in [7, 11) is 0. The second-order valence-corrected chi connectivity index (χ2v) is 4.65. The third-order valence-electron chi connectivity index (χ3n) is 3.61. The summed E-state index contributed by atoms with van der Waals surface area (Å²) in [4.78, 5) is 11.5. The minimum Gasteiger partial charge on any atom is -0.300 e. The van der Waals surface area contributed by atoms with Crippen molar-refractivity contribution in [3.63, 3.8) is 0 Å². The van der Waals surface area contributed by atoms with E-state index in [1.807, 2.05) is 0 Å². The second kappa shape index (κ2) is 2.94. The smallest absolute Gasteiger partial charge is 0.133 e. The molecule has 0 aliphatic heterocycles. The zero-order valence-corrected chi connectivity index (χ0v) is 8.20. The summed E-state index contributed by atoms with van der Waals surface area (Å²) in [6.45, 7) is 0. The molecule has 0 aromatic heterocycles. The van der Waals surface area contributed by atoms with Gasteiger partial charge in [0.25, 0.3) is 0 Å². The monoisotopic (exact) mass is 186 g/mol. The predicted molar refractivity (Wildman–Crippen MR) is 55.2 cm³/mol. The molecule has 2 aliphatic carbocycles. The molecule has 1 saturated carbocycles. The number of hydrogen-bond donors (Lipinski definition) is 0. The molecular weight excluding hydrogens is 172 g/mol. The van der Waals surface area contributed by atoms with E-state index in [9.17, 15) is 4.79 Å². The zero-order chi connectivity index (χ0) is 9.54. The summed E-state index contributed by atoms with van der Waals surface area (Å²) in [6, 6.07) is 8.64. The first-order chi connectivity index (χ1) is 6.83. The molecule has 0 spiro atoms. The van der Waals surface area contributed by atoms with Crippen LogP contribution in [0, 0.1) is 5.92 Å². The van der Waals surface area contributed by atoms with Crippen LogP contribution in [0.5, 0.6) is 0 Å². The van der Waals surface area contributed by atoms with Gasteiger partial charge in [0.1, 0.15) is 5.78 Å². The highest BCUT2D eigenvalue weighted by Crippen LogP contribution is 2.42. The van der Waals surface area contributed by atoms with E-state index in [0.717, 1.165) is 19.3 Å². The fourth-order valence-electron chi connectivity index (χ4n) is 3.07. The van der Waals surface area contributed by atoms with Crippen LogP contribution in [0.15, 0.2) is 24.3 Å². The van der Waals surface area contributed by atoms with Crippen molar-refractivity contribution in [1.82, 2.24) is 0 Å². The molecule has 0 heterocycles. The Bertz CT molecular complexity index is 381. The number of rotatable bonds is 0. The molecule has 2 bridgehead atoms. The lowest BCUT2D eigenvalue weighted by Gasteiger charge is -2.35. The van der Waals surface area contributed by atoms with Crippen molar-refractivity contribution in [2.45, 2.75) is 31.6 Å². The average Bonchev–Trinajstić information content (AvgIpc) is 2.17. The molecule has 0 radical (unpaired) electrons. The molecule has 0 saturated heterocycles. The van der Waals surface area contributed by atoms with E-state index in [0.29, 0.717) is 17.6 Å². The fourth-order valence-corrected chi connectivity index (χ4v) is 3.07. The standard InChI is InChI=1S/C13H14O/c14-12-7-9-5-10-3-1-2-4-13(10)11(6-9)8-12/h1-4,9,11H,5-8H2. The lowest BCUT2D eigenvalue weighted by molar-refractivity contribution is -0.122. The van der Waals surface area contributed by atoms with Gasteiger partial charge in [0.2, 0.25) is 0 Å². The van der Waals surface area contributed by atoms with Gasteiger partial charge in [-0.05, 0) is 35.8 Å². The van der Waals surface area contributed by atoms with Gasteiger partial charge in [-0.2, -0.15) is 0 Å². The molecule has 72 valence electrons. The normalized spacial score (nSPS) is 29.9. The maximum Gasteiger partial charge on any atom is 0.133 e. The van der Waals surface area contributed by atoms with Crippen LogP contribution in [0.1, 0.15) is 36.3 Å². The second-order valence-electron chi connectivity index (χ2n) is 4.65. The van der Waals surface area contributed by atoms with Crippen LogP contribution in [-0.4, -0.2) is 5.78 Å². The van der Waals surface area contributed by atoms with Gasteiger partial charge in [-0.1, -0.05) is 24.3 Å². The van der Waals surface area contributed by atoms with E-state index in [4.69, 9.17) is 0 Å². The Morgan fingerprint density at radius 2 is 1.93 bits per heavy atom. The van der Waals surface area contributed by atoms with E-state index in [-0.39, 0.29) is 0 Å². The van der Waals surface area contributed by atoms with Crippen molar-refractivity contribution in [3.8, 4) is 0 Å². The molecule has 2 atom stereocenters. The largest absolute Gasteiger partial charge is 0.300 e. The minimum atomic E-state index is 0.473. The van der Waals surface area contributed by atoms with Crippen LogP contribution < -0.4 is 0 Å². The van der Waals surface area contributed by atoms with E-state index in [1.54, 1.807) is 0 Å². The molecular formula is C13H14O. The van der Waals surface area contributed by atoms with Crippen LogP contribution in [0.25, 0.3) is 0 Å². The maximum atomic E-state index is 11.5. The Labute approximate surface area is 84.1 Å². The molecule has 1 aromatic carbocycles. The summed E-state index contributed by atoms with van der Waals surface area (Å²) >= 11 is 0. The summed E-state index contributed by atoms with van der Waals surface area (Å²) in [5.74, 6) is 1.64.